The number of cyclic esters (lactones) is 1. The average Bonchev–Trinajstić information content (AvgIpc) is 3.15. The third-order valence-electron chi connectivity index (χ3n) is 4.57. The van der Waals surface area contributed by atoms with Gasteiger partial charge in [-0.2, -0.15) is 0 Å². The third-order valence-corrected chi connectivity index (χ3v) is 4.80. The van der Waals surface area contributed by atoms with Crippen LogP contribution in [0.2, 0.25) is 5.02 Å². The number of halogens is 1. The van der Waals surface area contributed by atoms with E-state index in [1.165, 1.54) is 4.90 Å². The van der Waals surface area contributed by atoms with E-state index in [1.54, 1.807) is 48.5 Å². The van der Waals surface area contributed by atoms with Crippen molar-refractivity contribution in [3.8, 4) is 0 Å². The largest absolute Gasteiger partial charge is 0.433 e. The van der Waals surface area contributed by atoms with Gasteiger partial charge in [0.2, 0.25) is 18.0 Å². The van der Waals surface area contributed by atoms with Crippen molar-refractivity contribution in [2.45, 2.75) is 25.1 Å². The van der Waals surface area contributed by atoms with Gasteiger partial charge in [0.1, 0.15) is 6.04 Å². The molecular weight excluding hydrogens is 356 g/mol. The summed E-state index contributed by atoms with van der Waals surface area (Å²) in [4.78, 5) is 38.6. The van der Waals surface area contributed by atoms with E-state index in [0.29, 0.717) is 28.3 Å². The monoisotopic (exact) mass is 370 g/mol. The minimum absolute atomic E-state index is 0.217. The molecule has 4 rings (SSSR count). The molecule has 1 N–H and O–H groups in total. The minimum Gasteiger partial charge on any atom is -0.433 e. The molecule has 2 aromatic rings. The zero-order valence-electron chi connectivity index (χ0n) is 13.6. The minimum atomic E-state index is -0.871. The molecule has 1 saturated heterocycles. The van der Waals surface area contributed by atoms with Gasteiger partial charge in [-0.25, -0.2) is 4.79 Å². The van der Waals surface area contributed by atoms with Gasteiger partial charge < -0.3 is 10.1 Å². The number of hydrogen-bond acceptors (Lipinski definition) is 4. The van der Waals surface area contributed by atoms with Gasteiger partial charge in [-0.1, -0.05) is 35.9 Å². The zero-order chi connectivity index (χ0) is 18.3. The number of ether oxygens (including phenoxy) is 1. The molecule has 0 unspecified atom stereocenters. The van der Waals surface area contributed by atoms with Crippen LogP contribution in [0.25, 0.3) is 0 Å². The second-order valence-electron chi connectivity index (χ2n) is 6.20. The lowest BCUT2D eigenvalue weighted by Gasteiger charge is -2.29. The molecule has 6 nitrogen and oxygen atoms in total. The molecule has 0 radical (unpaired) electrons. The summed E-state index contributed by atoms with van der Waals surface area (Å²) in [5.74, 6) is -1.04. The topological polar surface area (TPSA) is 75.7 Å². The molecule has 0 saturated carbocycles. The van der Waals surface area contributed by atoms with E-state index in [2.05, 4.69) is 5.32 Å². The second-order valence-corrected chi connectivity index (χ2v) is 6.64. The lowest BCUT2D eigenvalue weighted by atomic mass is 10.1. The van der Waals surface area contributed by atoms with Crippen molar-refractivity contribution >= 4 is 35.1 Å². The van der Waals surface area contributed by atoms with Gasteiger partial charge in [0, 0.05) is 22.7 Å². The van der Waals surface area contributed by atoms with Gasteiger partial charge in [0.15, 0.2) is 0 Å². The maximum absolute atomic E-state index is 12.7. The van der Waals surface area contributed by atoms with Crippen molar-refractivity contribution < 1.29 is 19.1 Å². The van der Waals surface area contributed by atoms with E-state index in [4.69, 9.17) is 16.3 Å². The summed E-state index contributed by atoms with van der Waals surface area (Å²) in [5.41, 5.74) is 1.57. The van der Waals surface area contributed by atoms with Crippen molar-refractivity contribution in [2.75, 3.05) is 5.32 Å². The van der Waals surface area contributed by atoms with Crippen molar-refractivity contribution in [3.05, 3.63) is 64.7 Å². The highest BCUT2D eigenvalue weighted by atomic mass is 35.5. The van der Waals surface area contributed by atoms with Crippen LogP contribution in [0.1, 0.15) is 35.0 Å². The summed E-state index contributed by atoms with van der Waals surface area (Å²) in [6.45, 7) is 0. The highest BCUT2D eigenvalue weighted by Crippen LogP contribution is 2.38. The molecule has 2 atom stereocenters. The smallest absolute Gasteiger partial charge is 0.340 e. The Morgan fingerprint density at radius 1 is 1.15 bits per heavy atom. The quantitative estimate of drug-likeness (QED) is 0.842. The van der Waals surface area contributed by atoms with Crippen LogP contribution in [0.4, 0.5) is 5.69 Å². The summed E-state index contributed by atoms with van der Waals surface area (Å²) in [7, 11) is 0. The number of nitrogens with one attached hydrogen (secondary N) is 1. The maximum atomic E-state index is 12.7. The Labute approximate surface area is 154 Å². The van der Waals surface area contributed by atoms with Gasteiger partial charge in [-0.15, -0.1) is 0 Å². The number of likely N-dealkylation sites (tertiary alicyclic amines) is 1. The van der Waals surface area contributed by atoms with Crippen molar-refractivity contribution in [1.29, 1.82) is 0 Å². The summed E-state index contributed by atoms with van der Waals surface area (Å²) < 4.78 is 5.40. The summed E-state index contributed by atoms with van der Waals surface area (Å²) in [6, 6.07) is 13.0. The van der Waals surface area contributed by atoms with Crippen LogP contribution in [0.3, 0.4) is 0 Å². The van der Waals surface area contributed by atoms with Crippen LogP contribution in [-0.2, 0) is 14.3 Å². The standard InChI is InChI=1S/C19H15ClN2O4/c20-11-4-3-5-12(10-11)21-17(24)15-8-9-16(23)22(15)18-13-6-1-2-7-14(13)19(25)26-18/h1-7,10,15,18H,8-9H2,(H,21,24)/t15-,18+/m1/s1. The fraction of sp³-hybridized carbons (Fsp3) is 0.211. The highest BCUT2D eigenvalue weighted by molar-refractivity contribution is 6.30. The average molecular weight is 371 g/mol. The Morgan fingerprint density at radius 2 is 1.96 bits per heavy atom. The van der Waals surface area contributed by atoms with Crippen molar-refractivity contribution in [1.82, 2.24) is 4.90 Å². The molecular formula is C19H15ClN2O4. The van der Waals surface area contributed by atoms with E-state index >= 15 is 0 Å². The van der Waals surface area contributed by atoms with Crippen LogP contribution in [-0.4, -0.2) is 28.7 Å². The van der Waals surface area contributed by atoms with Crippen LogP contribution >= 0.6 is 11.6 Å². The Hall–Kier alpha value is -2.86. The number of esters is 1. The number of carbonyl (C=O) groups is 3. The molecule has 0 spiro atoms. The molecule has 26 heavy (non-hydrogen) atoms. The van der Waals surface area contributed by atoms with E-state index in [1.807, 2.05) is 0 Å². The molecule has 2 amide bonds. The Balaban J connectivity index is 1.60. The number of carbonyl (C=O) groups excluding carboxylic acids is 3. The van der Waals surface area contributed by atoms with Crippen LogP contribution in [0, 0.1) is 0 Å². The van der Waals surface area contributed by atoms with Crippen LogP contribution in [0.5, 0.6) is 0 Å². The number of rotatable bonds is 3. The molecule has 2 aliphatic rings. The van der Waals surface area contributed by atoms with Gasteiger partial charge in [0.25, 0.3) is 0 Å². The number of fused-ring (bicyclic) bond motifs is 1. The van der Waals surface area contributed by atoms with E-state index in [9.17, 15) is 14.4 Å². The number of anilines is 1. The molecule has 2 heterocycles. The molecule has 0 bridgehead atoms. The first kappa shape index (κ1) is 16.6. The molecule has 0 aliphatic carbocycles. The lowest BCUT2D eigenvalue weighted by Crippen LogP contribution is -2.43. The first-order chi connectivity index (χ1) is 12.5. The van der Waals surface area contributed by atoms with Crippen molar-refractivity contribution in [3.63, 3.8) is 0 Å². The Bertz CT molecular complexity index is 914. The predicted molar refractivity (Wildman–Crippen MR) is 94.5 cm³/mol. The summed E-state index contributed by atoms with van der Waals surface area (Å²) in [6.07, 6.45) is -0.283. The predicted octanol–water partition coefficient (Wildman–Crippen LogP) is 3.14. The fourth-order valence-electron chi connectivity index (χ4n) is 3.38. The Kier molecular flexibility index (Phi) is 4.12. The van der Waals surface area contributed by atoms with E-state index in [0.717, 1.165) is 0 Å². The van der Waals surface area contributed by atoms with Gasteiger partial charge in [-0.3, -0.25) is 14.5 Å². The zero-order valence-corrected chi connectivity index (χ0v) is 14.4. The first-order valence-corrected chi connectivity index (χ1v) is 8.60. The maximum Gasteiger partial charge on any atom is 0.340 e. The molecule has 7 heteroatoms. The molecule has 132 valence electrons. The van der Waals surface area contributed by atoms with Crippen LogP contribution in [0.15, 0.2) is 48.5 Å². The Morgan fingerprint density at radius 3 is 2.77 bits per heavy atom. The molecule has 2 aromatic carbocycles. The van der Waals surface area contributed by atoms with Gasteiger partial charge in [0.05, 0.1) is 5.56 Å². The number of hydrogen-bond donors (Lipinski definition) is 1. The van der Waals surface area contributed by atoms with Crippen LogP contribution < -0.4 is 5.32 Å². The lowest BCUT2D eigenvalue weighted by molar-refractivity contribution is -0.144. The van der Waals surface area contributed by atoms with Gasteiger partial charge in [-0.05, 0) is 30.7 Å². The highest BCUT2D eigenvalue weighted by Gasteiger charge is 2.46. The second kappa shape index (κ2) is 6.46. The third kappa shape index (κ3) is 2.82. The molecule has 2 aliphatic heterocycles. The van der Waals surface area contributed by atoms with E-state index in [-0.39, 0.29) is 18.2 Å². The van der Waals surface area contributed by atoms with E-state index < -0.39 is 18.2 Å². The molecule has 1 fully saturated rings. The number of nitrogens with zero attached hydrogens (tertiary/aromatic N) is 1. The van der Waals surface area contributed by atoms with Gasteiger partial charge >= 0.3 is 5.97 Å². The summed E-state index contributed by atoms with van der Waals surface area (Å²) >= 11 is 5.94. The normalized spacial score (nSPS) is 21.5. The fourth-order valence-corrected chi connectivity index (χ4v) is 3.57. The first-order valence-electron chi connectivity index (χ1n) is 8.22. The summed E-state index contributed by atoms with van der Waals surface area (Å²) in [5, 5.41) is 3.28. The molecule has 0 aromatic heterocycles. The number of amides is 2. The number of benzene rings is 2. The SMILES string of the molecule is O=C1O[C@H](N2C(=O)CC[C@@H]2C(=O)Nc2cccc(Cl)c2)c2ccccc21. The van der Waals surface area contributed by atoms with Crippen molar-refractivity contribution in [2.24, 2.45) is 0 Å².